The SMILES string of the molecule is O=C(c1ccc2c(c1)CCCN2S(=O)(=O)c1ccccc1)N1CCN(c2ccccc2F)CC1. The minimum atomic E-state index is -3.66. The van der Waals surface area contributed by atoms with Gasteiger partial charge in [0.05, 0.1) is 16.3 Å². The lowest BCUT2D eigenvalue weighted by molar-refractivity contribution is 0.0746. The van der Waals surface area contributed by atoms with Gasteiger partial charge in [0.25, 0.3) is 15.9 Å². The fraction of sp³-hybridized carbons (Fsp3) is 0.269. The number of fused-ring (bicyclic) bond motifs is 1. The molecule has 0 aliphatic carbocycles. The molecular weight excluding hydrogens is 453 g/mol. The van der Waals surface area contributed by atoms with Gasteiger partial charge in [0.15, 0.2) is 0 Å². The number of anilines is 2. The Hall–Kier alpha value is -3.39. The molecule has 5 rings (SSSR count). The first-order chi connectivity index (χ1) is 16.4. The van der Waals surface area contributed by atoms with Crippen LogP contribution in [0, 0.1) is 5.82 Å². The number of carbonyl (C=O) groups excluding carboxylic acids is 1. The second-order valence-electron chi connectivity index (χ2n) is 8.57. The quantitative estimate of drug-likeness (QED) is 0.569. The molecule has 1 amide bonds. The molecule has 8 heteroatoms. The van der Waals surface area contributed by atoms with E-state index in [4.69, 9.17) is 0 Å². The highest BCUT2D eigenvalue weighted by Gasteiger charge is 2.30. The van der Waals surface area contributed by atoms with Gasteiger partial charge in [0, 0.05) is 38.3 Å². The van der Waals surface area contributed by atoms with Crippen molar-refractivity contribution in [3.63, 3.8) is 0 Å². The molecule has 1 fully saturated rings. The van der Waals surface area contributed by atoms with Crippen LogP contribution in [0.3, 0.4) is 0 Å². The van der Waals surface area contributed by atoms with Crippen LogP contribution in [0.2, 0.25) is 0 Å². The van der Waals surface area contributed by atoms with Crippen molar-refractivity contribution in [3.8, 4) is 0 Å². The van der Waals surface area contributed by atoms with E-state index in [0.29, 0.717) is 56.1 Å². The Bertz CT molecular complexity index is 1310. The van der Waals surface area contributed by atoms with Crippen LogP contribution in [-0.2, 0) is 16.4 Å². The molecule has 6 nitrogen and oxygen atoms in total. The molecule has 0 bridgehead atoms. The van der Waals surface area contributed by atoms with E-state index in [1.54, 1.807) is 59.5 Å². The summed E-state index contributed by atoms with van der Waals surface area (Å²) in [5, 5.41) is 0. The first-order valence-corrected chi connectivity index (χ1v) is 12.9. The molecule has 0 unspecified atom stereocenters. The minimum absolute atomic E-state index is 0.0842. The number of carbonyl (C=O) groups is 1. The van der Waals surface area contributed by atoms with E-state index < -0.39 is 10.0 Å². The van der Waals surface area contributed by atoms with E-state index in [1.165, 1.54) is 10.4 Å². The number of hydrogen-bond acceptors (Lipinski definition) is 4. The van der Waals surface area contributed by atoms with Gasteiger partial charge in [-0.15, -0.1) is 0 Å². The number of rotatable bonds is 4. The van der Waals surface area contributed by atoms with Gasteiger partial charge in [-0.3, -0.25) is 9.10 Å². The van der Waals surface area contributed by atoms with Gasteiger partial charge in [0.1, 0.15) is 5.82 Å². The van der Waals surface area contributed by atoms with Crippen LogP contribution in [0.1, 0.15) is 22.3 Å². The lowest BCUT2D eigenvalue weighted by Gasteiger charge is -2.36. The summed E-state index contributed by atoms with van der Waals surface area (Å²) < 4.78 is 42.0. The monoisotopic (exact) mass is 479 g/mol. The third-order valence-corrected chi connectivity index (χ3v) is 8.32. The molecule has 2 aliphatic heterocycles. The van der Waals surface area contributed by atoms with Gasteiger partial charge < -0.3 is 9.80 Å². The first kappa shape index (κ1) is 22.4. The number of aryl methyl sites for hydroxylation is 1. The number of sulfonamides is 1. The fourth-order valence-electron chi connectivity index (χ4n) is 4.71. The van der Waals surface area contributed by atoms with Crippen molar-refractivity contribution in [3.05, 3.63) is 89.7 Å². The molecule has 3 aromatic rings. The van der Waals surface area contributed by atoms with E-state index in [9.17, 15) is 17.6 Å². The van der Waals surface area contributed by atoms with Gasteiger partial charge in [-0.25, -0.2) is 12.8 Å². The van der Waals surface area contributed by atoms with E-state index in [0.717, 1.165) is 12.0 Å². The van der Waals surface area contributed by atoms with Gasteiger partial charge in [-0.2, -0.15) is 0 Å². The van der Waals surface area contributed by atoms with Gasteiger partial charge in [-0.1, -0.05) is 30.3 Å². The fourth-order valence-corrected chi connectivity index (χ4v) is 6.27. The second-order valence-corrected chi connectivity index (χ2v) is 10.4. The maximum absolute atomic E-state index is 14.1. The number of benzene rings is 3. The molecule has 34 heavy (non-hydrogen) atoms. The summed E-state index contributed by atoms with van der Waals surface area (Å²) in [6, 6.07) is 20.4. The second kappa shape index (κ2) is 9.10. The molecule has 1 saturated heterocycles. The molecule has 2 heterocycles. The summed E-state index contributed by atoms with van der Waals surface area (Å²) in [6.45, 7) is 2.52. The smallest absolute Gasteiger partial charge is 0.264 e. The molecule has 0 saturated carbocycles. The zero-order valence-corrected chi connectivity index (χ0v) is 19.5. The lowest BCUT2D eigenvalue weighted by Crippen LogP contribution is -2.49. The maximum Gasteiger partial charge on any atom is 0.264 e. The minimum Gasteiger partial charge on any atom is -0.366 e. The van der Waals surface area contributed by atoms with Crippen molar-refractivity contribution in [1.29, 1.82) is 0 Å². The molecule has 3 aromatic carbocycles. The summed E-state index contributed by atoms with van der Waals surface area (Å²) in [5.41, 5.74) is 2.61. The van der Waals surface area contributed by atoms with Gasteiger partial charge in [0.2, 0.25) is 0 Å². The average molecular weight is 480 g/mol. The summed E-state index contributed by atoms with van der Waals surface area (Å²) >= 11 is 0. The molecular formula is C26H26FN3O3S. The van der Waals surface area contributed by atoms with Crippen LogP contribution >= 0.6 is 0 Å². The van der Waals surface area contributed by atoms with Crippen LogP contribution in [0.4, 0.5) is 15.8 Å². The summed E-state index contributed by atoms with van der Waals surface area (Å²) in [7, 11) is -3.66. The van der Waals surface area contributed by atoms with Crippen molar-refractivity contribution in [2.45, 2.75) is 17.7 Å². The average Bonchev–Trinajstić information content (AvgIpc) is 2.88. The highest BCUT2D eigenvalue weighted by molar-refractivity contribution is 7.92. The van der Waals surface area contributed by atoms with Crippen LogP contribution in [0.5, 0.6) is 0 Å². The summed E-state index contributed by atoms with van der Waals surface area (Å²) in [4.78, 5) is 17.2. The number of hydrogen-bond donors (Lipinski definition) is 0. The Morgan fingerprint density at radius 1 is 0.794 bits per heavy atom. The largest absolute Gasteiger partial charge is 0.366 e. The summed E-state index contributed by atoms with van der Waals surface area (Å²) in [6.07, 6.45) is 1.41. The van der Waals surface area contributed by atoms with Crippen LogP contribution < -0.4 is 9.21 Å². The number of amides is 1. The highest BCUT2D eigenvalue weighted by atomic mass is 32.2. The zero-order valence-electron chi connectivity index (χ0n) is 18.7. The topological polar surface area (TPSA) is 60.9 Å². The Morgan fingerprint density at radius 3 is 2.24 bits per heavy atom. The van der Waals surface area contributed by atoms with Crippen LogP contribution in [0.25, 0.3) is 0 Å². The van der Waals surface area contributed by atoms with Crippen molar-refractivity contribution in [2.24, 2.45) is 0 Å². The lowest BCUT2D eigenvalue weighted by atomic mass is 10.00. The van der Waals surface area contributed by atoms with E-state index >= 15 is 0 Å². The first-order valence-electron chi connectivity index (χ1n) is 11.4. The molecule has 176 valence electrons. The third-order valence-electron chi connectivity index (χ3n) is 6.49. The van der Waals surface area contributed by atoms with Crippen LogP contribution in [-0.4, -0.2) is 51.9 Å². The number of nitrogens with zero attached hydrogens (tertiary/aromatic N) is 3. The van der Waals surface area contributed by atoms with Gasteiger partial charge >= 0.3 is 0 Å². The van der Waals surface area contributed by atoms with Crippen molar-refractivity contribution < 1.29 is 17.6 Å². The van der Waals surface area contributed by atoms with Crippen LogP contribution in [0.15, 0.2) is 77.7 Å². The third kappa shape index (κ3) is 4.14. The Morgan fingerprint density at radius 2 is 1.50 bits per heavy atom. The number of piperazine rings is 1. The highest BCUT2D eigenvalue weighted by Crippen LogP contribution is 2.33. The van der Waals surface area contributed by atoms with E-state index in [1.807, 2.05) is 17.0 Å². The number of halogens is 1. The van der Waals surface area contributed by atoms with Gasteiger partial charge in [-0.05, 0) is 60.9 Å². The molecule has 0 N–H and O–H groups in total. The Kier molecular flexibility index (Phi) is 6.00. The molecule has 0 aromatic heterocycles. The zero-order chi connectivity index (χ0) is 23.7. The van der Waals surface area contributed by atoms with Crippen molar-refractivity contribution in [1.82, 2.24) is 4.90 Å². The maximum atomic E-state index is 14.1. The summed E-state index contributed by atoms with van der Waals surface area (Å²) in [5.74, 6) is -0.342. The molecule has 0 radical (unpaired) electrons. The molecule has 0 atom stereocenters. The van der Waals surface area contributed by atoms with E-state index in [2.05, 4.69) is 0 Å². The molecule has 2 aliphatic rings. The predicted molar refractivity (Wildman–Crippen MR) is 130 cm³/mol. The Labute approximate surface area is 199 Å². The predicted octanol–water partition coefficient (Wildman–Crippen LogP) is 3.93. The van der Waals surface area contributed by atoms with Crippen molar-refractivity contribution >= 4 is 27.3 Å². The van der Waals surface area contributed by atoms with E-state index in [-0.39, 0.29) is 16.6 Å². The molecule has 0 spiro atoms. The number of para-hydroxylation sites is 1. The normalized spacial score (nSPS) is 16.3. The standard InChI is InChI=1S/C26H26FN3O3S/c27-23-10-4-5-11-25(23)28-15-17-29(18-16-28)26(31)21-12-13-24-20(19-21)7-6-14-30(24)34(32,33)22-8-2-1-3-9-22/h1-5,8-13,19H,6-7,14-18H2. The Balaban J connectivity index is 1.33. The van der Waals surface area contributed by atoms with Crippen molar-refractivity contribution in [2.75, 3.05) is 41.9 Å².